The summed E-state index contributed by atoms with van der Waals surface area (Å²) in [7, 11) is 0. The zero-order chi connectivity index (χ0) is 19.2. The molecular formula is C21H27FN3OS+. The molecule has 1 aliphatic heterocycles. The molecule has 0 amide bonds. The van der Waals surface area contributed by atoms with Gasteiger partial charge in [-0.25, -0.2) is 4.39 Å². The molecule has 3 rings (SSSR count). The van der Waals surface area contributed by atoms with Crippen LogP contribution in [0.1, 0.15) is 22.7 Å². The van der Waals surface area contributed by atoms with Gasteiger partial charge in [0.1, 0.15) is 24.9 Å². The van der Waals surface area contributed by atoms with Gasteiger partial charge in [-0.2, -0.15) is 0 Å². The molecule has 6 heteroatoms. The molecule has 4 nitrogen and oxygen atoms in total. The Balaban J connectivity index is 1.65. The Morgan fingerprint density at radius 1 is 1.11 bits per heavy atom. The van der Waals surface area contributed by atoms with Crippen molar-refractivity contribution in [3.63, 3.8) is 0 Å². The van der Waals surface area contributed by atoms with Crippen LogP contribution in [0.3, 0.4) is 0 Å². The van der Waals surface area contributed by atoms with Crippen LogP contribution in [0.5, 0.6) is 0 Å². The highest BCUT2D eigenvalue weighted by atomic mass is 32.1. The Morgan fingerprint density at radius 2 is 1.81 bits per heavy atom. The van der Waals surface area contributed by atoms with E-state index in [1.54, 1.807) is 0 Å². The van der Waals surface area contributed by atoms with Gasteiger partial charge < -0.3 is 20.3 Å². The molecular weight excluding hydrogens is 361 g/mol. The standard InChI is InChI=1S/C21H26FN3OS/c1-15-3-8-19(13-16(15)2)24-21(27)23-14-20(25-9-11-26-12-10-25)17-4-6-18(22)7-5-17/h3-8,13,20H,9-12,14H2,1-2H3,(H2,23,24,27)/p+1/t20-/m0/s1. The van der Waals surface area contributed by atoms with Crippen molar-refractivity contribution < 1.29 is 14.0 Å². The summed E-state index contributed by atoms with van der Waals surface area (Å²) in [5.41, 5.74) is 4.57. The highest BCUT2D eigenvalue weighted by molar-refractivity contribution is 7.80. The first-order chi connectivity index (χ1) is 13.0. The summed E-state index contributed by atoms with van der Waals surface area (Å²) in [6.45, 7) is 8.22. The molecule has 0 saturated carbocycles. The fraction of sp³-hybridized carbons (Fsp3) is 0.381. The zero-order valence-corrected chi connectivity index (χ0v) is 16.7. The summed E-state index contributed by atoms with van der Waals surface area (Å²) in [4.78, 5) is 1.43. The highest BCUT2D eigenvalue weighted by Crippen LogP contribution is 2.14. The summed E-state index contributed by atoms with van der Waals surface area (Å²) in [5.74, 6) is -0.214. The molecule has 0 aliphatic carbocycles. The van der Waals surface area contributed by atoms with Gasteiger partial charge in [-0.3, -0.25) is 0 Å². The molecule has 1 fully saturated rings. The number of nitrogens with one attached hydrogen (secondary N) is 3. The first kappa shape index (κ1) is 19.7. The van der Waals surface area contributed by atoms with E-state index in [1.165, 1.54) is 28.2 Å². The maximum atomic E-state index is 13.3. The Hall–Kier alpha value is -2.02. The average molecular weight is 389 g/mol. The SMILES string of the molecule is Cc1ccc(NC(=S)NC[C@@H](c2ccc(F)cc2)[NH+]2CCOCC2)cc1C. The number of anilines is 1. The van der Waals surface area contributed by atoms with Gasteiger partial charge in [0, 0.05) is 11.3 Å². The van der Waals surface area contributed by atoms with Gasteiger partial charge in [0.25, 0.3) is 0 Å². The van der Waals surface area contributed by atoms with E-state index in [-0.39, 0.29) is 11.9 Å². The van der Waals surface area contributed by atoms with Crippen LogP contribution in [-0.4, -0.2) is 38.0 Å². The van der Waals surface area contributed by atoms with E-state index in [4.69, 9.17) is 17.0 Å². The van der Waals surface area contributed by atoms with Crippen LogP contribution in [0.25, 0.3) is 0 Å². The van der Waals surface area contributed by atoms with Crippen LogP contribution in [0.4, 0.5) is 10.1 Å². The minimum Gasteiger partial charge on any atom is -0.370 e. The number of halogens is 1. The number of thiocarbonyl (C=S) groups is 1. The molecule has 2 aromatic rings. The first-order valence-electron chi connectivity index (χ1n) is 9.33. The Bertz CT molecular complexity index is 775. The van der Waals surface area contributed by atoms with E-state index in [0.29, 0.717) is 11.7 Å². The number of quaternary nitrogens is 1. The van der Waals surface area contributed by atoms with Gasteiger partial charge in [0.15, 0.2) is 5.11 Å². The molecule has 0 spiro atoms. The molecule has 144 valence electrons. The second kappa shape index (κ2) is 9.26. The lowest BCUT2D eigenvalue weighted by molar-refractivity contribution is -0.937. The van der Waals surface area contributed by atoms with E-state index >= 15 is 0 Å². The second-order valence-corrected chi connectivity index (χ2v) is 7.42. The van der Waals surface area contributed by atoms with Crippen LogP contribution in [0.15, 0.2) is 42.5 Å². The zero-order valence-electron chi connectivity index (χ0n) is 15.8. The Morgan fingerprint density at radius 3 is 2.48 bits per heavy atom. The number of hydrogen-bond donors (Lipinski definition) is 3. The fourth-order valence-electron chi connectivity index (χ4n) is 3.36. The van der Waals surface area contributed by atoms with E-state index in [1.807, 2.05) is 18.2 Å². The third kappa shape index (κ3) is 5.48. The largest absolute Gasteiger partial charge is 0.370 e. The third-order valence-electron chi connectivity index (χ3n) is 5.13. The Kier molecular flexibility index (Phi) is 6.77. The lowest BCUT2D eigenvalue weighted by Gasteiger charge is -2.32. The molecule has 3 N–H and O–H groups in total. The van der Waals surface area contributed by atoms with Crippen molar-refractivity contribution in [3.05, 3.63) is 65.0 Å². The number of rotatable bonds is 5. The minimum absolute atomic E-state index is 0.189. The van der Waals surface area contributed by atoms with Gasteiger partial charge in [0.05, 0.1) is 19.8 Å². The van der Waals surface area contributed by atoms with Gasteiger partial charge in [-0.05, 0) is 61.5 Å². The third-order valence-corrected chi connectivity index (χ3v) is 5.38. The van der Waals surface area contributed by atoms with Crippen molar-refractivity contribution >= 4 is 23.0 Å². The van der Waals surface area contributed by atoms with Crippen LogP contribution in [0, 0.1) is 19.7 Å². The number of morpholine rings is 1. The molecule has 1 heterocycles. The van der Waals surface area contributed by atoms with Crippen molar-refractivity contribution in [1.29, 1.82) is 0 Å². The van der Waals surface area contributed by atoms with E-state index in [0.717, 1.165) is 37.6 Å². The van der Waals surface area contributed by atoms with Crippen LogP contribution >= 0.6 is 12.2 Å². The highest BCUT2D eigenvalue weighted by Gasteiger charge is 2.26. The number of ether oxygens (including phenoxy) is 1. The van der Waals surface area contributed by atoms with Gasteiger partial charge >= 0.3 is 0 Å². The molecule has 1 saturated heterocycles. The maximum absolute atomic E-state index is 13.3. The summed E-state index contributed by atoms with van der Waals surface area (Å²) in [6.07, 6.45) is 0. The van der Waals surface area contributed by atoms with E-state index < -0.39 is 0 Å². The van der Waals surface area contributed by atoms with Crippen molar-refractivity contribution in [2.24, 2.45) is 0 Å². The van der Waals surface area contributed by atoms with Crippen molar-refractivity contribution in [2.45, 2.75) is 19.9 Å². The molecule has 2 aromatic carbocycles. The number of aryl methyl sites for hydroxylation is 2. The molecule has 1 aliphatic rings. The first-order valence-corrected chi connectivity index (χ1v) is 9.73. The van der Waals surface area contributed by atoms with E-state index in [2.05, 4.69) is 36.6 Å². The van der Waals surface area contributed by atoms with Crippen molar-refractivity contribution in [2.75, 3.05) is 38.2 Å². The Labute approximate surface area is 165 Å². The summed E-state index contributed by atoms with van der Waals surface area (Å²) in [6, 6.07) is 13.2. The number of hydrogen-bond acceptors (Lipinski definition) is 2. The normalized spacial score (nSPS) is 16.0. The van der Waals surface area contributed by atoms with Crippen molar-refractivity contribution in [3.8, 4) is 0 Å². The fourth-order valence-corrected chi connectivity index (χ4v) is 3.57. The van der Waals surface area contributed by atoms with Gasteiger partial charge in [-0.15, -0.1) is 0 Å². The molecule has 0 aromatic heterocycles. The van der Waals surface area contributed by atoms with Crippen molar-refractivity contribution in [1.82, 2.24) is 5.32 Å². The lowest BCUT2D eigenvalue weighted by Crippen LogP contribution is -3.15. The molecule has 0 bridgehead atoms. The topological polar surface area (TPSA) is 37.7 Å². The lowest BCUT2D eigenvalue weighted by atomic mass is 10.0. The summed E-state index contributed by atoms with van der Waals surface area (Å²) < 4.78 is 18.8. The van der Waals surface area contributed by atoms with Crippen LogP contribution in [-0.2, 0) is 4.74 Å². The molecule has 27 heavy (non-hydrogen) atoms. The predicted molar refractivity (Wildman–Crippen MR) is 111 cm³/mol. The van der Waals surface area contributed by atoms with Gasteiger partial charge in [-0.1, -0.05) is 18.2 Å². The van der Waals surface area contributed by atoms with Crippen LogP contribution in [0.2, 0.25) is 0 Å². The summed E-state index contributed by atoms with van der Waals surface area (Å²) >= 11 is 5.49. The second-order valence-electron chi connectivity index (χ2n) is 7.01. The van der Waals surface area contributed by atoms with Crippen LogP contribution < -0.4 is 15.5 Å². The van der Waals surface area contributed by atoms with E-state index in [9.17, 15) is 4.39 Å². The van der Waals surface area contributed by atoms with Gasteiger partial charge in [0.2, 0.25) is 0 Å². The average Bonchev–Trinajstić information content (AvgIpc) is 2.67. The molecule has 0 unspecified atom stereocenters. The smallest absolute Gasteiger partial charge is 0.171 e. The number of benzene rings is 2. The quantitative estimate of drug-likeness (QED) is 0.688. The summed E-state index contributed by atoms with van der Waals surface area (Å²) in [5, 5.41) is 7.19. The minimum atomic E-state index is -0.214. The monoisotopic (exact) mass is 388 g/mol. The maximum Gasteiger partial charge on any atom is 0.171 e. The predicted octanol–water partition coefficient (Wildman–Crippen LogP) is 2.39. The molecule has 0 radical (unpaired) electrons. The molecule has 1 atom stereocenters.